The molecule has 1 aromatic carbocycles. The molecule has 0 spiro atoms. The lowest BCUT2D eigenvalue weighted by Crippen LogP contribution is -1.80. The van der Waals surface area contributed by atoms with Crippen molar-refractivity contribution in [1.29, 1.82) is 0 Å². The minimum atomic E-state index is 0.353. The van der Waals surface area contributed by atoms with Crippen LogP contribution in [0.4, 0.5) is 0 Å². The second kappa shape index (κ2) is 2.92. The topological polar surface area (TPSA) is 0 Å². The number of hydrogen-bond acceptors (Lipinski definition) is 1. The maximum Gasteiger partial charge on any atom is 0.0238 e. The Balaban J connectivity index is 2.85. The molecule has 0 heterocycles. The average Bonchev–Trinajstić information content (AvgIpc) is 1.90. The molecule has 0 aromatic heterocycles. The summed E-state index contributed by atoms with van der Waals surface area (Å²) in [6.07, 6.45) is 0. The smallest absolute Gasteiger partial charge is 0.0238 e. The molecule has 1 aromatic rings. The lowest BCUT2D eigenvalue weighted by molar-refractivity contribution is 1.11. The molecule has 0 saturated heterocycles. The highest BCUT2D eigenvalue weighted by Gasteiger charge is 1.94. The average molecular weight is 138 g/mol. The summed E-state index contributed by atoms with van der Waals surface area (Å²) in [6, 6.07) is 10.2. The molecule has 1 atom stereocenters. The molecule has 0 amide bonds. The van der Waals surface area contributed by atoms with Crippen LogP contribution < -0.4 is 0 Å². The third kappa shape index (κ3) is 1.75. The van der Waals surface area contributed by atoms with E-state index in [2.05, 4.69) is 31.7 Å². The highest BCUT2D eigenvalue weighted by molar-refractivity contribution is 7.80. The third-order valence-corrected chi connectivity index (χ3v) is 1.58. The molecule has 0 fully saturated rings. The molecule has 1 rings (SSSR count). The monoisotopic (exact) mass is 138 g/mol. The van der Waals surface area contributed by atoms with Crippen LogP contribution in [0.1, 0.15) is 17.7 Å². The van der Waals surface area contributed by atoms with Crippen molar-refractivity contribution in [1.82, 2.24) is 0 Å². The second-order valence-corrected chi connectivity index (χ2v) is 2.86. The van der Waals surface area contributed by atoms with Crippen LogP contribution in [-0.2, 0) is 0 Å². The van der Waals surface area contributed by atoms with Crippen molar-refractivity contribution < 1.29 is 0 Å². The molecule has 0 aliphatic carbocycles. The van der Waals surface area contributed by atoms with Gasteiger partial charge >= 0.3 is 0 Å². The minimum Gasteiger partial charge on any atom is -0.171 e. The second-order valence-electron chi connectivity index (χ2n) is 2.09. The van der Waals surface area contributed by atoms with Crippen molar-refractivity contribution in [3.05, 3.63) is 35.9 Å². The number of hydrogen-bond donors (Lipinski definition) is 1. The first-order chi connectivity index (χ1) is 4.30. The molecule has 0 aliphatic heterocycles. The van der Waals surface area contributed by atoms with Gasteiger partial charge in [-0.1, -0.05) is 30.3 Å². The molecular weight excluding hydrogens is 128 g/mol. The molecular formula is C8H10S. The summed E-state index contributed by atoms with van der Waals surface area (Å²) in [4.78, 5) is 0. The van der Waals surface area contributed by atoms with Crippen LogP contribution in [0, 0.1) is 0 Å². The van der Waals surface area contributed by atoms with E-state index in [1.165, 1.54) is 5.56 Å². The third-order valence-electron chi connectivity index (χ3n) is 1.28. The fourth-order valence-corrected chi connectivity index (χ4v) is 0.904. The quantitative estimate of drug-likeness (QED) is 0.567. The van der Waals surface area contributed by atoms with Gasteiger partial charge in [-0.05, 0) is 12.5 Å². The fourth-order valence-electron chi connectivity index (χ4n) is 0.732. The summed E-state index contributed by atoms with van der Waals surface area (Å²) in [5.74, 6) is 0. The first kappa shape index (κ1) is 6.69. The van der Waals surface area contributed by atoms with E-state index in [0.29, 0.717) is 5.25 Å². The number of rotatable bonds is 1. The van der Waals surface area contributed by atoms with Gasteiger partial charge in [-0.15, -0.1) is 0 Å². The molecule has 9 heavy (non-hydrogen) atoms. The predicted molar refractivity (Wildman–Crippen MR) is 43.8 cm³/mol. The summed E-state index contributed by atoms with van der Waals surface area (Å²) in [5, 5.41) is 0.353. The van der Waals surface area contributed by atoms with Crippen LogP contribution in [0.15, 0.2) is 30.3 Å². The Morgan fingerprint density at radius 2 is 1.78 bits per heavy atom. The van der Waals surface area contributed by atoms with Crippen LogP contribution in [-0.4, -0.2) is 0 Å². The van der Waals surface area contributed by atoms with E-state index in [1.54, 1.807) is 0 Å². The van der Waals surface area contributed by atoms with Crippen molar-refractivity contribution >= 4 is 12.6 Å². The highest BCUT2D eigenvalue weighted by Crippen LogP contribution is 2.16. The van der Waals surface area contributed by atoms with Crippen molar-refractivity contribution in [2.75, 3.05) is 0 Å². The molecule has 1 unspecified atom stereocenters. The van der Waals surface area contributed by atoms with E-state index in [0.717, 1.165) is 0 Å². The van der Waals surface area contributed by atoms with E-state index in [-0.39, 0.29) is 0 Å². The van der Waals surface area contributed by atoms with Crippen molar-refractivity contribution in [2.24, 2.45) is 0 Å². The van der Waals surface area contributed by atoms with Crippen LogP contribution in [0.5, 0.6) is 0 Å². The first-order valence-electron chi connectivity index (χ1n) is 3.03. The summed E-state index contributed by atoms with van der Waals surface area (Å²) < 4.78 is 0. The summed E-state index contributed by atoms with van der Waals surface area (Å²) in [5.41, 5.74) is 1.28. The van der Waals surface area contributed by atoms with Gasteiger partial charge in [0.1, 0.15) is 0 Å². The maximum absolute atomic E-state index is 4.29. The Morgan fingerprint density at radius 1 is 1.22 bits per heavy atom. The van der Waals surface area contributed by atoms with Gasteiger partial charge < -0.3 is 0 Å². The lowest BCUT2D eigenvalue weighted by atomic mass is 10.2. The van der Waals surface area contributed by atoms with Gasteiger partial charge in [0.15, 0.2) is 0 Å². The van der Waals surface area contributed by atoms with Gasteiger partial charge in [0.05, 0.1) is 0 Å². The maximum atomic E-state index is 4.29. The normalized spacial score (nSPS) is 13.1. The van der Waals surface area contributed by atoms with E-state index in [4.69, 9.17) is 0 Å². The molecule has 0 nitrogen and oxygen atoms in total. The lowest BCUT2D eigenvalue weighted by Gasteiger charge is -2.00. The minimum absolute atomic E-state index is 0.353. The van der Waals surface area contributed by atoms with Gasteiger partial charge in [0.25, 0.3) is 0 Å². The molecule has 0 bridgehead atoms. The van der Waals surface area contributed by atoms with Gasteiger partial charge in [-0.25, -0.2) is 0 Å². The molecule has 0 aliphatic rings. The van der Waals surface area contributed by atoms with Crippen LogP contribution in [0.3, 0.4) is 0 Å². The van der Waals surface area contributed by atoms with E-state index >= 15 is 0 Å². The standard InChI is InChI=1S/C8H10S/c1-7(9)8-5-3-2-4-6-8/h2-7,9H,1H3. The zero-order valence-corrected chi connectivity index (χ0v) is 6.31. The van der Waals surface area contributed by atoms with Crippen molar-refractivity contribution in [3.63, 3.8) is 0 Å². The summed E-state index contributed by atoms with van der Waals surface area (Å²) >= 11 is 4.29. The first-order valence-corrected chi connectivity index (χ1v) is 3.55. The molecule has 1 heteroatoms. The molecule has 0 radical (unpaired) electrons. The van der Waals surface area contributed by atoms with Gasteiger partial charge in [-0.3, -0.25) is 0 Å². The predicted octanol–water partition coefficient (Wildman–Crippen LogP) is 2.68. The van der Waals surface area contributed by atoms with Gasteiger partial charge in [0, 0.05) is 5.25 Å². The van der Waals surface area contributed by atoms with Gasteiger partial charge in [-0.2, -0.15) is 12.6 Å². The van der Waals surface area contributed by atoms with Crippen LogP contribution >= 0.6 is 12.6 Å². The zero-order chi connectivity index (χ0) is 6.69. The van der Waals surface area contributed by atoms with E-state index < -0.39 is 0 Å². The van der Waals surface area contributed by atoms with Gasteiger partial charge in [0.2, 0.25) is 0 Å². The zero-order valence-electron chi connectivity index (χ0n) is 5.41. The van der Waals surface area contributed by atoms with E-state index in [9.17, 15) is 0 Å². The molecule has 0 N–H and O–H groups in total. The highest BCUT2D eigenvalue weighted by atomic mass is 32.1. The van der Waals surface area contributed by atoms with Crippen molar-refractivity contribution in [2.45, 2.75) is 12.2 Å². The Bertz CT molecular complexity index is 167. The van der Waals surface area contributed by atoms with Crippen LogP contribution in [0.25, 0.3) is 0 Å². The molecule has 48 valence electrons. The largest absolute Gasteiger partial charge is 0.171 e. The SMILES string of the molecule is CC(S)c1ccccc1. The van der Waals surface area contributed by atoms with E-state index in [1.807, 2.05) is 18.2 Å². The summed E-state index contributed by atoms with van der Waals surface area (Å²) in [7, 11) is 0. The Kier molecular flexibility index (Phi) is 2.17. The Hall–Kier alpha value is -0.430. The molecule has 0 saturated carbocycles. The fraction of sp³-hybridized carbons (Fsp3) is 0.250. The Labute approximate surface area is 61.3 Å². The van der Waals surface area contributed by atoms with Crippen molar-refractivity contribution in [3.8, 4) is 0 Å². The number of thiol groups is 1. The van der Waals surface area contributed by atoms with Crippen LogP contribution in [0.2, 0.25) is 0 Å². The Morgan fingerprint density at radius 3 is 2.11 bits per heavy atom. The number of benzene rings is 1. The summed E-state index contributed by atoms with van der Waals surface area (Å²) in [6.45, 7) is 2.07.